The molecule has 152 valence electrons. The van der Waals surface area contributed by atoms with E-state index in [1.165, 1.54) is 34.6 Å². The quantitative estimate of drug-likeness (QED) is 0.630. The van der Waals surface area contributed by atoms with Crippen LogP contribution in [-0.4, -0.2) is 36.0 Å². The molecule has 0 amide bonds. The normalized spacial score (nSPS) is 18.1. The van der Waals surface area contributed by atoms with E-state index >= 15 is 0 Å². The highest BCUT2D eigenvalue weighted by Gasteiger charge is 2.32. The lowest BCUT2D eigenvalue weighted by Gasteiger charge is -2.30. The van der Waals surface area contributed by atoms with Crippen molar-refractivity contribution in [2.75, 3.05) is 13.1 Å². The van der Waals surface area contributed by atoms with Gasteiger partial charge in [-0.2, -0.15) is 0 Å². The van der Waals surface area contributed by atoms with Crippen LogP contribution in [0.1, 0.15) is 30.2 Å². The minimum absolute atomic E-state index is 0.225. The average molecular weight is 419 g/mol. The smallest absolute Gasteiger partial charge is 0.247 e. The van der Waals surface area contributed by atoms with Crippen molar-refractivity contribution in [1.82, 2.24) is 14.5 Å². The molecule has 0 aliphatic carbocycles. The number of nitrogens with zero attached hydrogens (tertiary/aromatic N) is 3. The highest BCUT2D eigenvalue weighted by molar-refractivity contribution is 7.88. The molecule has 3 aromatic rings. The highest BCUT2D eigenvalue weighted by Crippen LogP contribution is 2.30. The van der Waals surface area contributed by atoms with E-state index < -0.39 is 15.8 Å². The van der Waals surface area contributed by atoms with Gasteiger partial charge in [-0.05, 0) is 54.8 Å². The average Bonchev–Trinajstić information content (AvgIpc) is 3.19. The second kappa shape index (κ2) is 8.00. The van der Waals surface area contributed by atoms with Crippen molar-refractivity contribution in [2.45, 2.75) is 24.5 Å². The Morgan fingerprint density at radius 3 is 2.62 bits per heavy atom. The molecule has 1 aliphatic rings. The van der Waals surface area contributed by atoms with Crippen molar-refractivity contribution < 1.29 is 21.6 Å². The molecule has 1 aromatic heterocycles. The molecule has 2 heterocycles. The predicted octanol–water partition coefficient (Wildman–Crippen LogP) is 3.72. The number of rotatable bonds is 5. The lowest BCUT2D eigenvalue weighted by atomic mass is 10.00. The molecule has 0 spiro atoms. The van der Waals surface area contributed by atoms with E-state index in [4.69, 9.17) is 4.42 Å². The van der Waals surface area contributed by atoms with Crippen LogP contribution in [0.5, 0.6) is 0 Å². The number of hydrogen-bond acceptors (Lipinski definition) is 5. The Morgan fingerprint density at radius 2 is 1.86 bits per heavy atom. The van der Waals surface area contributed by atoms with Gasteiger partial charge in [-0.15, -0.1) is 10.2 Å². The van der Waals surface area contributed by atoms with Crippen molar-refractivity contribution in [1.29, 1.82) is 0 Å². The van der Waals surface area contributed by atoms with Gasteiger partial charge >= 0.3 is 0 Å². The molecule has 0 N–H and O–H groups in total. The van der Waals surface area contributed by atoms with Gasteiger partial charge in [0.1, 0.15) is 11.6 Å². The minimum Gasteiger partial charge on any atom is -0.420 e. The monoisotopic (exact) mass is 419 g/mol. The number of benzene rings is 2. The number of piperidine rings is 1. The van der Waals surface area contributed by atoms with E-state index in [1.54, 1.807) is 18.2 Å². The second-order valence-corrected chi connectivity index (χ2v) is 9.00. The maximum Gasteiger partial charge on any atom is 0.247 e. The van der Waals surface area contributed by atoms with Crippen molar-refractivity contribution in [3.63, 3.8) is 0 Å². The topological polar surface area (TPSA) is 76.3 Å². The molecule has 9 heteroatoms. The third-order valence-corrected chi connectivity index (χ3v) is 6.71. The van der Waals surface area contributed by atoms with Gasteiger partial charge in [0.05, 0.1) is 11.7 Å². The van der Waals surface area contributed by atoms with Gasteiger partial charge in [0.15, 0.2) is 0 Å². The summed E-state index contributed by atoms with van der Waals surface area (Å²) in [6.45, 7) is 0.621. The molecule has 1 fully saturated rings. The minimum atomic E-state index is -3.61. The summed E-state index contributed by atoms with van der Waals surface area (Å²) in [4.78, 5) is 0. The van der Waals surface area contributed by atoms with Crippen LogP contribution >= 0.6 is 0 Å². The van der Waals surface area contributed by atoms with E-state index in [1.807, 2.05) is 0 Å². The standard InChI is InChI=1S/C20H19F2N3O3S/c21-17-8-6-15(7-9-17)19-23-24-20(28-19)16-4-2-10-25(12-16)29(26,27)13-14-3-1-5-18(22)11-14/h1,3,5-9,11,16H,2,4,10,12-13H2. The van der Waals surface area contributed by atoms with Crippen LogP contribution in [-0.2, 0) is 15.8 Å². The molecule has 1 atom stereocenters. The largest absolute Gasteiger partial charge is 0.420 e. The first-order valence-corrected chi connectivity index (χ1v) is 10.8. The molecule has 4 rings (SSSR count). The second-order valence-electron chi connectivity index (χ2n) is 7.04. The lowest BCUT2D eigenvalue weighted by molar-refractivity contribution is 0.286. The van der Waals surface area contributed by atoms with E-state index in [9.17, 15) is 17.2 Å². The molecular formula is C20H19F2N3O3S. The SMILES string of the molecule is O=S(=O)(Cc1cccc(F)c1)N1CCCC(c2nnc(-c3ccc(F)cc3)o2)C1. The fourth-order valence-electron chi connectivity index (χ4n) is 3.43. The maximum absolute atomic E-state index is 13.4. The van der Waals surface area contributed by atoms with Crippen LogP contribution in [0, 0.1) is 11.6 Å². The Morgan fingerprint density at radius 1 is 1.07 bits per heavy atom. The summed E-state index contributed by atoms with van der Waals surface area (Å²) in [7, 11) is -3.61. The Kier molecular flexibility index (Phi) is 5.42. The Labute approximate surface area is 167 Å². The van der Waals surface area contributed by atoms with Crippen LogP contribution in [0.3, 0.4) is 0 Å². The molecule has 0 radical (unpaired) electrons. The van der Waals surface area contributed by atoms with Crippen molar-refractivity contribution in [3.8, 4) is 11.5 Å². The van der Waals surface area contributed by atoms with Gasteiger partial charge in [0.25, 0.3) is 0 Å². The van der Waals surface area contributed by atoms with Gasteiger partial charge in [-0.25, -0.2) is 21.5 Å². The summed E-state index contributed by atoms with van der Waals surface area (Å²) in [6, 6.07) is 11.3. The van der Waals surface area contributed by atoms with E-state index in [0.29, 0.717) is 30.0 Å². The molecule has 29 heavy (non-hydrogen) atoms. The molecule has 6 nitrogen and oxygen atoms in total. The first kappa shape index (κ1) is 19.7. The molecule has 0 bridgehead atoms. The third-order valence-electron chi connectivity index (χ3n) is 4.90. The van der Waals surface area contributed by atoms with Crippen LogP contribution in [0.15, 0.2) is 52.9 Å². The summed E-state index contributed by atoms with van der Waals surface area (Å²) in [5.74, 6) is -0.696. The van der Waals surface area contributed by atoms with Crippen molar-refractivity contribution in [3.05, 3.63) is 71.6 Å². The third kappa shape index (κ3) is 4.51. The summed E-state index contributed by atoms with van der Waals surface area (Å²) < 4.78 is 59.2. The first-order valence-electron chi connectivity index (χ1n) is 9.22. The fourth-order valence-corrected chi connectivity index (χ4v) is 5.03. The zero-order valence-electron chi connectivity index (χ0n) is 15.5. The van der Waals surface area contributed by atoms with Crippen molar-refractivity contribution >= 4 is 10.0 Å². The first-order chi connectivity index (χ1) is 13.9. The molecule has 1 unspecified atom stereocenters. The van der Waals surface area contributed by atoms with E-state index in [2.05, 4.69) is 10.2 Å². The molecule has 1 aliphatic heterocycles. The maximum atomic E-state index is 13.4. The van der Waals surface area contributed by atoms with E-state index in [-0.39, 0.29) is 29.9 Å². The van der Waals surface area contributed by atoms with E-state index in [0.717, 1.165) is 6.42 Å². The Balaban J connectivity index is 1.49. The summed E-state index contributed by atoms with van der Waals surface area (Å²) in [5.41, 5.74) is 1.00. The number of sulfonamides is 1. The molecule has 2 aromatic carbocycles. The molecule has 0 saturated carbocycles. The predicted molar refractivity (Wildman–Crippen MR) is 102 cm³/mol. The zero-order valence-corrected chi connectivity index (χ0v) is 16.3. The van der Waals surface area contributed by atoms with Gasteiger partial charge < -0.3 is 4.42 Å². The van der Waals surface area contributed by atoms with Crippen LogP contribution in [0.2, 0.25) is 0 Å². The van der Waals surface area contributed by atoms with Gasteiger partial charge in [-0.1, -0.05) is 12.1 Å². The Bertz CT molecular complexity index is 1100. The summed E-state index contributed by atoms with van der Waals surface area (Å²) in [6.07, 6.45) is 1.37. The van der Waals surface area contributed by atoms with Gasteiger partial charge in [-0.3, -0.25) is 0 Å². The number of aromatic nitrogens is 2. The fraction of sp³-hybridized carbons (Fsp3) is 0.300. The number of halogens is 2. The van der Waals surface area contributed by atoms with Crippen LogP contribution < -0.4 is 0 Å². The molecule has 1 saturated heterocycles. The lowest BCUT2D eigenvalue weighted by Crippen LogP contribution is -2.39. The molecular weight excluding hydrogens is 400 g/mol. The van der Waals surface area contributed by atoms with Crippen molar-refractivity contribution in [2.24, 2.45) is 0 Å². The Hall–Kier alpha value is -2.65. The number of hydrogen-bond donors (Lipinski definition) is 0. The highest BCUT2D eigenvalue weighted by atomic mass is 32.2. The van der Waals surface area contributed by atoms with Crippen LogP contribution in [0.25, 0.3) is 11.5 Å². The van der Waals surface area contributed by atoms with Gasteiger partial charge in [0, 0.05) is 18.7 Å². The van der Waals surface area contributed by atoms with Crippen LogP contribution in [0.4, 0.5) is 8.78 Å². The summed E-state index contributed by atoms with van der Waals surface area (Å²) >= 11 is 0. The summed E-state index contributed by atoms with van der Waals surface area (Å²) in [5, 5.41) is 8.08. The van der Waals surface area contributed by atoms with Gasteiger partial charge in [0.2, 0.25) is 21.8 Å². The zero-order chi connectivity index (χ0) is 20.4.